The molecule has 4 aromatic rings. The summed E-state index contributed by atoms with van der Waals surface area (Å²) in [6, 6.07) is 19.6. The third-order valence-corrected chi connectivity index (χ3v) is 8.87. The summed E-state index contributed by atoms with van der Waals surface area (Å²) in [6.45, 7) is 4.73. The minimum absolute atomic E-state index is 0.0702. The summed E-state index contributed by atoms with van der Waals surface area (Å²) in [7, 11) is 1.92. The smallest absolute Gasteiger partial charge is 0.416 e. The first kappa shape index (κ1) is 38.2. The summed E-state index contributed by atoms with van der Waals surface area (Å²) < 4.78 is 78.1. The molecule has 13 heteroatoms. The largest absolute Gasteiger partial charge is 0.489 e. The van der Waals surface area contributed by atoms with Crippen molar-refractivity contribution in [1.29, 1.82) is 0 Å². The van der Waals surface area contributed by atoms with Gasteiger partial charge in [-0.1, -0.05) is 43.3 Å². The molecule has 0 spiro atoms. The predicted molar refractivity (Wildman–Crippen MR) is 185 cm³/mol. The van der Waals surface area contributed by atoms with Crippen LogP contribution in [0.15, 0.2) is 84.9 Å². The van der Waals surface area contributed by atoms with Gasteiger partial charge in [0.15, 0.2) is 17.4 Å². The second-order valence-corrected chi connectivity index (χ2v) is 13.1. The topological polar surface area (TPSA) is 91.3 Å². The number of rotatable bonds is 12. The van der Waals surface area contributed by atoms with Crippen molar-refractivity contribution in [3.8, 4) is 11.5 Å². The van der Waals surface area contributed by atoms with Gasteiger partial charge >= 0.3 is 6.18 Å². The third-order valence-electron chi connectivity index (χ3n) is 8.87. The Morgan fingerprint density at radius 3 is 2.33 bits per heavy atom. The van der Waals surface area contributed by atoms with Crippen LogP contribution in [0.2, 0.25) is 0 Å². The molecule has 0 saturated carbocycles. The zero-order valence-corrected chi connectivity index (χ0v) is 28.9. The molecule has 2 N–H and O–H groups in total. The summed E-state index contributed by atoms with van der Waals surface area (Å²) >= 11 is 0. The van der Waals surface area contributed by atoms with Gasteiger partial charge in [0, 0.05) is 25.6 Å². The minimum Gasteiger partial charge on any atom is -0.489 e. The highest BCUT2D eigenvalue weighted by atomic mass is 19.4. The molecular formula is C39H40F5N3O5. The Kier molecular flexibility index (Phi) is 12.2. The van der Waals surface area contributed by atoms with E-state index >= 15 is 0 Å². The Hall–Kier alpha value is -5.01. The Bertz CT molecular complexity index is 1850. The molecule has 1 aliphatic heterocycles. The lowest BCUT2D eigenvalue weighted by molar-refractivity contribution is -0.137. The number of carbonyl (C=O) groups is 2. The highest BCUT2D eigenvalue weighted by Crippen LogP contribution is 2.35. The van der Waals surface area contributed by atoms with E-state index in [-0.39, 0.29) is 48.5 Å². The van der Waals surface area contributed by atoms with Gasteiger partial charge in [-0.15, -0.1) is 0 Å². The lowest BCUT2D eigenvalue weighted by Gasteiger charge is -2.38. The fourth-order valence-corrected chi connectivity index (χ4v) is 5.92. The maximum absolute atomic E-state index is 13.8. The average molecular weight is 726 g/mol. The van der Waals surface area contributed by atoms with E-state index in [1.807, 2.05) is 31.0 Å². The predicted octanol–water partition coefficient (Wildman–Crippen LogP) is 7.10. The lowest BCUT2D eigenvalue weighted by atomic mass is 9.98. The Labute approximate surface area is 298 Å². The number of carbonyl (C=O) groups excluding carboxylic acids is 2. The molecule has 1 heterocycles. The van der Waals surface area contributed by atoms with Gasteiger partial charge in [0.1, 0.15) is 18.5 Å². The number of amides is 2. The van der Waals surface area contributed by atoms with E-state index in [2.05, 4.69) is 5.32 Å². The van der Waals surface area contributed by atoms with Crippen LogP contribution in [0.25, 0.3) is 0 Å². The summed E-state index contributed by atoms with van der Waals surface area (Å²) in [5, 5.41) is 12.8. The van der Waals surface area contributed by atoms with E-state index < -0.39 is 41.4 Å². The summed E-state index contributed by atoms with van der Waals surface area (Å²) in [6.07, 6.45) is -5.18. The van der Waals surface area contributed by atoms with Crippen LogP contribution >= 0.6 is 0 Å². The summed E-state index contributed by atoms with van der Waals surface area (Å²) in [5.74, 6) is -2.24. The van der Waals surface area contributed by atoms with E-state index in [0.29, 0.717) is 36.5 Å². The first-order valence-electron chi connectivity index (χ1n) is 16.7. The first-order chi connectivity index (χ1) is 24.7. The maximum Gasteiger partial charge on any atom is 0.416 e. The number of halogens is 5. The number of ether oxygens (including phenoxy) is 2. The van der Waals surface area contributed by atoms with Crippen molar-refractivity contribution in [2.45, 2.75) is 51.7 Å². The first-order valence-corrected chi connectivity index (χ1v) is 16.7. The zero-order chi connectivity index (χ0) is 37.6. The van der Waals surface area contributed by atoms with E-state index in [4.69, 9.17) is 9.47 Å². The van der Waals surface area contributed by atoms with E-state index in [0.717, 1.165) is 29.8 Å². The molecule has 1 aliphatic rings. The number of hydrogen-bond acceptors (Lipinski definition) is 6. The van der Waals surface area contributed by atoms with E-state index in [1.165, 1.54) is 18.2 Å². The molecule has 0 aliphatic carbocycles. The Morgan fingerprint density at radius 1 is 1.00 bits per heavy atom. The number of aliphatic hydroxyl groups is 1. The van der Waals surface area contributed by atoms with Crippen molar-refractivity contribution in [2.75, 3.05) is 32.1 Å². The number of aliphatic hydroxyl groups excluding tert-OH is 1. The number of likely N-dealkylation sites (N-methyl/N-ethyl adjacent to an activating group) is 1. The van der Waals surface area contributed by atoms with Crippen LogP contribution in [-0.2, 0) is 30.5 Å². The molecule has 2 amide bonds. The molecule has 4 aromatic carbocycles. The number of anilines is 1. The van der Waals surface area contributed by atoms with Crippen LogP contribution in [0, 0.1) is 17.6 Å². The standard InChI is InChI=1S/C39H40F5N3O5/c1-24-19-47(25(2)22-48)38(50)31-5-4-6-34(45-36(49)18-26-7-12-29(13-8-26)39(42,43)44)37(31)52-35(24)21-46(3)20-27-9-14-30(15-10-27)51-23-28-11-16-32(40)33(41)17-28/h4-17,24-25,35,48H,18-23H2,1-3H3,(H,45,49)/t24-,25+,35-/m1/s1. The fraction of sp³-hybridized carbons (Fsp3) is 0.333. The highest BCUT2D eigenvalue weighted by molar-refractivity contribution is 6.02. The van der Waals surface area contributed by atoms with Crippen LogP contribution in [-0.4, -0.2) is 65.6 Å². The number of hydrogen-bond donors (Lipinski definition) is 2. The van der Waals surface area contributed by atoms with Gasteiger partial charge in [0.25, 0.3) is 5.91 Å². The molecule has 0 saturated heterocycles. The molecule has 0 aromatic heterocycles. The van der Waals surface area contributed by atoms with Crippen molar-refractivity contribution in [1.82, 2.24) is 9.80 Å². The summed E-state index contributed by atoms with van der Waals surface area (Å²) in [5.41, 5.74) is 1.45. The van der Waals surface area contributed by atoms with Crippen molar-refractivity contribution in [2.24, 2.45) is 5.92 Å². The molecular weight excluding hydrogens is 685 g/mol. The molecule has 5 rings (SSSR count). The highest BCUT2D eigenvalue weighted by Gasteiger charge is 2.35. The molecule has 276 valence electrons. The zero-order valence-electron chi connectivity index (χ0n) is 28.9. The maximum atomic E-state index is 13.8. The van der Waals surface area contributed by atoms with Crippen LogP contribution in [0.4, 0.5) is 27.6 Å². The van der Waals surface area contributed by atoms with Gasteiger partial charge < -0.3 is 24.8 Å². The second kappa shape index (κ2) is 16.6. The quantitative estimate of drug-likeness (QED) is 0.152. The minimum atomic E-state index is -4.50. The SMILES string of the molecule is C[C@@H]1CN([C@@H](C)CO)C(=O)c2cccc(NC(=O)Cc3ccc(C(F)(F)F)cc3)c2O[C@@H]1CN(C)Cc1ccc(OCc2ccc(F)c(F)c2)cc1. The average Bonchev–Trinajstić information content (AvgIpc) is 3.10. The number of alkyl halides is 3. The van der Waals surface area contributed by atoms with Crippen molar-refractivity contribution in [3.63, 3.8) is 0 Å². The van der Waals surface area contributed by atoms with Crippen molar-refractivity contribution < 1.29 is 46.1 Å². The van der Waals surface area contributed by atoms with Crippen molar-refractivity contribution in [3.05, 3.63) is 124 Å². The normalized spacial score (nSPS) is 16.8. The third kappa shape index (κ3) is 9.65. The van der Waals surface area contributed by atoms with E-state index in [9.17, 15) is 36.6 Å². The molecule has 8 nitrogen and oxygen atoms in total. The monoisotopic (exact) mass is 725 g/mol. The number of benzene rings is 4. The Morgan fingerprint density at radius 2 is 1.67 bits per heavy atom. The number of nitrogens with one attached hydrogen (secondary N) is 1. The van der Waals surface area contributed by atoms with Crippen LogP contribution in [0.1, 0.15) is 46.5 Å². The van der Waals surface area contributed by atoms with Gasteiger partial charge in [-0.2, -0.15) is 13.2 Å². The fourth-order valence-electron chi connectivity index (χ4n) is 5.92. The molecule has 3 atom stereocenters. The summed E-state index contributed by atoms with van der Waals surface area (Å²) in [4.78, 5) is 30.6. The second-order valence-electron chi connectivity index (χ2n) is 13.1. The van der Waals surface area contributed by atoms with Crippen LogP contribution in [0.5, 0.6) is 11.5 Å². The van der Waals surface area contributed by atoms with Gasteiger partial charge in [0.2, 0.25) is 5.91 Å². The van der Waals surface area contributed by atoms with E-state index in [1.54, 1.807) is 42.2 Å². The Balaban J connectivity index is 1.30. The van der Waals surface area contributed by atoms with Crippen LogP contribution < -0.4 is 14.8 Å². The molecule has 0 bridgehead atoms. The van der Waals surface area contributed by atoms with Crippen LogP contribution in [0.3, 0.4) is 0 Å². The molecule has 0 unspecified atom stereocenters. The molecule has 52 heavy (non-hydrogen) atoms. The molecule has 0 fully saturated rings. The molecule has 0 radical (unpaired) electrons. The van der Waals surface area contributed by atoms with Crippen molar-refractivity contribution >= 4 is 17.5 Å². The van der Waals surface area contributed by atoms with Gasteiger partial charge in [0.05, 0.1) is 35.9 Å². The lowest BCUT2D eigenvalue weighted by Crippen LogP contribution is -2.49. The van der Waals surface area contributed by atoms with Gasteiger partial charge in [-0.3, -0.25) is 14.5 Å². The number of fused-ring (bicyclic) bond motifs is 1. The van der Waals surface area contributed by atoms with Gasteiger partial charge in [-0.05, 0) is 79.2 Å². The number of para-hydroxylation sites is 1. The number of nitrogens with zero attached hydrogens (tertiary/aromatic N) is 2. The van der Waals surface area contributed by atoms with Gasteiger partial charge in [-0.25, -0.2) is 8.78 Å².